The number of thioether (sulfide) groups is 2. The minimum atomic E-state index is 1.34. The molecule has 0 unspecified atom stereocenters. The van der Waals surface area contributed by atoms with Gasteiger partial charge in [0.25, 0.3) is 0 Å². The van der Waals surface area contributed by atoms with Gasteiger partial charge in [-0.3, -0.25) is 0 Å². The summed E-state index contributed by atoms with van der Waals surface area (Å²) in [5.41, 5.74) is 0. The summed E-state index contributed by atoms with van der Waals surface area (Å²) in [5.74, 6) is 0. The lowest BCUT2D eigenvalue weighted by Gasteiger charge is -1.96. The van der Waals surface area contributed by atoms with Gasteiger partial charge in [-0.2, -0.15) is 0 Å². The van der Waals surface area contributed by atoms with Crippen molar-refractivity contribution in [3.05, 3.63) is 22.0 Å². The fourth-order valence-electron chi connectivity index (χ4n) is 0.519. The summed E-state index contributed by atoms with van der Waals surface area (Å²) in [6.07, 6.45) is 8.53. The van der Waals surface area contributed by atoms with Gasteiger partial charge >= 0.3 is 0 Å². The zero-order chi connectivity index (χ0) is 7.98. The van der Waals surface area contributed by atoms with Crippen LogP contribution in [-0.2, 0) is 0 Å². The normalized spacial score (nSPS) is 14.0. The smallest absolute Gasteiger partial charge is 0.00341 e. The molecule has 0 atom stereocenters. The molecule has 0 aromatic heterocycles. The zero-order valence-corrected chi connectivity index (χ0v) is 8.60. The molecule has 0 bridgehead atoms. The summed E-state index contributed by atoms with van der Waals surface area (Å²) in [6.45, 7) is 4.19. The summed E-state index contributed by atoms with van der Waals surface area (Å²) in [5, 5.41) is 0. The van der Waals surface area contributed by atoms with Crippen molar-refractivity contribution >= 4 is 23.5 Å². The van der Waals surface area contributed by atoms with Crippen LogP contribution in [0.1, 0.15) is 13.8 Å². The van der Waals surface area contributed by atoms with E-state index < -0.39 is 0 Å². The SMILES string of the molecule is C/C=C(\C=C(/C)SC)SC. The molecule has 0 N–H and O–H groups in total. The van der Waals surface area contributed by atoms with Crippen molar-refractivity contribution in [1.82, 2.24) is 0 Å². The monoisotopic (exact) mass is 174 g/mol. The maximum atomic E-state index is 2.20. The molecule has 0 rings (SSSR count). The van der Waals surface area contributed by atoms with Crippen LogP contribution in [0, 0.1) is 0 Å². The van der Waals surface area contributed by atoms with Crippen LogP contribution in [0.5, 0.6) is 0 Å². The van der Waals surface area contributed by atoms with Gasteiger partial charge in [0.15, 0.2) is 0 Å². The molecule has 0 aliphatic carbocycles. The lowest BCUT2D eigenvalue weighted by Crippen LogP contribution is -1.69. The highest BCUT2D eigenvalue weighted by atomic mass is 32.2. The first kappa shape index (κ1) is 10.2. The fraction of sp³-hybridized carbons (Fsp3) is 0.500. The van der Waals surface area contributed by atoms with Crippen LogP contribution in [0.2, 0.25) is 0 Å². The predicted octanol–water partition coefficient (Wildman–Crippen LogP) is 3.52. The molecule has 2 heteroatoms. The van der Waals surface area contributed by atoms with Crippen LogP contribution < -0.4 is 0 Å². The molecule has 0 spiro atoms. The van der Waals surface area contributed by atoms with Gasteiger partial charge in [-0.25, -0.2) is 0 Å². The zero-order valence-electron chi connectivity index (χ0n) is 6.97. The second kappa shape index (κ2) is 5.93. The number of hydrogen-bond acceptors (Lipinski definition) is 2. The fourth-order valence-corrected chi connectivity index (χ4v) is 1.37. The summed E-state index contributed by atoms with van der Waals surface area (Å²) in [7, 11) is 0. The summed E-state index contributed by atoms with van der Waals surface area (Å²) in [4.78, 5) is 2.70. The van der Waals surface area contributed by atoms with Crippen molar-refractivity contribution in [2.24, 2.45) is 0 Å². The maximum absolute atomic E-state index is 2.20. The summed E-state index contributed by atoms with van der Waals surface area (Å²) in [6, 6.07) is 0. The lowest BCUT2D eigenvalue weighted by molar-refractivity contribution is 1.63. The van der Waals surface area contributed by atoms with E-state index >= 15 is 0 Å². The van der Waals surface area contributed by atoms with Gasteiger partial charge in [0.2, 0.25) is 0 Å². The minimum absolute atomic E-state index is 1.34. The number of rotatable bonds is 3. The quantitative estimate of drug-likeness (QED) is 0.600. The third-order valence-electron chi connectivity index (χ3n) is 1.19. The molecule has 0 aromatic carbocycles. The average Bonchev–Trinajstić information content (AvgIpc) is 1.99. The van der Waals surface area contributed by atoms with Crippen LogP contribution in [-0.4, -0.2) is 12.5 Å². The van der Waals surface area contributed by atoms with E-state index in [1.54, 1.807) is 23.5 Å². The Hall–Kier alpha value is 0.180. The highest BCUT2D eigenvalue weighted by Gasteiger charge is 1.88. The van der Waals surface area contributed by atoms with Gasteiger partial charge in [-0.05, 0) is 37.3 Å². The molecule has 0 heterocycles. The Morgan fingerprint density at radius 2 is 1.80 bits per heavy atom. The van der Waals surface area contributed by atoms with E-state index in [1.165, 1.54) is 9.81 Å². The van der Waals surface area contributed by atoms with Gasteiger partial charge in [0, 0.05) is 4.91 Å². The standard InChI is InChI=1S/C8H14S2/c1-5-8(10-4)6-7(2)9-3/h5-6H,1-4H3/b7-6+,8-5+. The van der Waals surface area contributed by atoms with Crippen LogP contribution >= 0.6 is 23.5 Å². The molecule has 0 amide bonds. The van der Waals surface area contributed by atoms with Crippen molar-refractivity contribution in [1.29, 1.82) is 0 Å². The van der Waals surface area contributed by atoms with Crippen molar-refractivity contribution < 1.29 is 0 Å². The van der Waals surface area contributed by atoms with Gasteiger partial charge in [0.1, 0.15) is 0 Å². The van der Waals surface area contributed by atoms with Crippen LogP contribution in [0.15, 0.2) is 22.0 Å². The molecule has 0 aliphatic heterocycles. The highest BCUT2D eigenvalue weighted by molar-refractivity contribution is 8.03. The van der Waals surface area contributed by atoms with E-state index in [2.05, 4.69) is 38.5 Å². The second-order valence-corrected chi connectivity index (χ2v) is 3.79. The predicted molar refractivity (Wildman–Crippen MR) is 54.5 cm³/mol. The summed E-state index contributed by atoms with van der Waals surface area (Å²) < 4.78 is 0. The summed E-state index contributed by atoms with van der Waals surface area (Å²) >= 11 is 3.58. The van der Waals surface area contributed by atoms with Crippen LogP contribution in [0.25, 0.3) is 0 Å². The first-order valence-corrected chi connectivity index (χ1v) is 5.62. The molecule has 0 radical (unpaired) electrons. The molecule has 0 nitrogen and oxygen atoms in total. The lowest BCUT2D eigenvalue weighted by atomic mass is 10.4. The first-order chi connectivity index (χ1) is 4.74. The minimum Gasteiger partial charge on any atom is -0.134 e. The number of hydrogen-bond donors (Lipinski definition) is 0. The Morgan fingerprint density at radius 1 is 1.20 bits per heavy atom. The third kappa shape index (κ3) is 4.07. The third-order valence-corrected chi connectivity index (χ3v) is 2.77. The van der Waals surface area contributed by atoms with E-state index in [-0.39, 0.29) is 0 Å². The van der Waals surface area contributed by atoms with Crippen molar-refractivity contribution in [3.8, 4) is 0 Å². The van der Waals surface area contributed by atoms with E-state index in [1.807, 2.05) is 0 Å². The van der Waals surface area contributed by atoms with Gasteiger partial charge in [0.05, 0.1) is 0 Å². The molecule has 0 saturated heterocycles. The van der Waals surface area contributed by atoms with Crippen molar-refractivity contribution in [2.45, 2.75) is 13.8 Å². The van der Waals surface area contributed by atoms with Crippen LogP contribution in [0.3, 0.4) is 0 Å². The Balaban J connectivity index is 4.08. The van der Waals surface area contributed by atoms with E-state index in [0.717, 1.165) is 0 Å². The Labute approximate surface area is 72.2 Å². The number of allylic oxidation sites excluding steroid dienone is 3. The largest absolute Gasteiger partial charge is 0.134 e. The molecule has 10 heavy (non-hydrogen) atoms. The van der Waals surface area contributed by atoms with Crippen molar-refractivity contribution in [3.63, 3.8) is 0 Å². The van der Waals surface area contributed by atoms with E-state index in [4.69, 9.17) is 0 Å². The van der Waals surface area contributed by atoms with Gasteiger partial charge < -0.3 is 0 Å². The Bertz CT molecular complexity index is 145. The molecule has 0 aromatic rings. The molecule has 0 fully saturated rings. The topological polar surface area (TPSA) is 0 Å². The maximum Gasteiger partial charge on any atom is 0.00341 e. The van der Waals surface area contributed by atoms with Crippen molar-refractivity contribution in [2.75, 3.05) is 12.5 Å². The second-order valence-electron chi connectivity index (χ2n) is 1.85. The molecular weight excluding hydrogens is 160 g/mol. The van der Waals surface area contributed by atoms with E-state index in [9.17, 15) is 0 Å². The molecule has 0 saturated carbocycles. The van der Waals surface area contributed by atoms with Crippen LogP contribution in [0.4, 0.5) is 0 Å². The van der Waals surface area contributed by atoms with Gasteiger partial charge in [-0.15, -0.1) is 23.5 Å². The highest BCUT2D eigenvalue weighted by Crippen LogP contribution is 2.19. The molecule has 58 valence electrons. The molecule has 0 aliphatic rings. The average molecular weight is 174 g/mol. The molecular formula is C8H14S2. The first-order valence-electron chi connectivity index (χ1n) is 3.17. The Kier molecular flexibility index (Phi) is 6.03. The van der Waals surface area contributed by atoms with Gasteiger partial charge in [-0.1, -0.05) is 6.08 Å². The van der Waals surface area contributed by atoms with E-state index in [0.29, 0.717) is 0 Å². The Morgan fingerprint density at radius 3 is 2.10 bits per heavy atom.